The Morgan fingerprint density at radius 3 is 3.00 bits per heavy atom. The molecule has 3 heteroatoms. The molecule has 0 unspecified atom stereocenters. The highest BCUT2D eigenvalue weighted by Crippen LogP contribution is 2.42. The molecule has 1 N–H and O–H groups in total. The topological polar surface area (TPSA) is 29.9 Å². The number of nitrogens with zero attached hydrogens (tertiary/aromatic N) is 2. The van der Waals surface area contributed by atoms with Crippen LogP contribution in [0.4, 0.5) is 0 Å². The zero-order valence-electron chi connectivity index (χ0n) is 11.2. The van der Waals surface area contributed by atoms with Crippen LogP contribution in [-0.2, 0) is 6.54 Å². The predicted molar refractivity (Wildman–Crippen MR) is 73.3 cm³/mol. The van der Waals surface area contributed by atoms with Gasteiger partial charge in [0.2, 0.25) is 0 Å². The summed E-state index contributed by atoms with van der Waals surface area (Å²) in [6.45, 7) is 5.42. The van der Waals surface area contributed by atoms with Gasteiger partial charge in [0.1, 0.15) is 0 Å². The van der Waals surface area contributed by atoms with Crippen LogP contribution in [0.2, 0.25) is 0 Å². The predicted octanol–water partition coefficient (Wildman–Crippen LogP) is 2.38. The lowest BCUT2D eigenvalue weighted by Gasteiger charge is -2.18. The van der Waals surface area contributed by atoms with E-state index < -0.39 is 0 Å². The third-order valence-electron chi connectivity index (χ3n) is 4.33. The summed E-state index contributed by atoms with van der Waals surface area (Å²) < 4.78 is 2.04. The molecule has 1 saturated carbocycles. The van der Waals surface area contributed by atoms with Gasteiger partial charge in [0, 0.05) is 12.7 Å². The van der Waals surface area contributed by atoms with Gasteiger partial charge in [-0.15, -0.1) is 0 Å². The molecule has 98 valence electrons. The van der Waals surface area contributed by atoms with Gasteiger partial charge in [-0.1, -0.05) is 12.2 Å². The molecular weight excluding hydrogens is 222 g/mol. The molecule has 0 spiro atoms. The Bertz CT molecular complexity index is 421. The second-order valence-electron chi connectivity index (χ2n) is 5.88. The molecule has 1 aromatic heterocycles. The third-order valence-corrected chi connectivity index (χ3v) is 4.33. The summed E-state index contributed by atoms with van der Waals surface area (Å²) in [6, 6.07) is 0. The van der Waals surface area contributed by atoms with Gasteiger partial charge in [-0.25, -0.2) is 0 Å². The minimum Gasteiger partial charge on any atom is -0.316 e. The lowest BCUT2D eigenvalue weighted by molar-refractivity contribution is 0.408. The number of hydrogen-bond acceptors (Lipinski definition) is 2. The lowest BCUT2D eigenvalue weighted by Crippen LogP contribution is -2.26. The van der Waals surface area contributed by atoms with Crippen molar-refractivity contribution in [3.63, 3.8) is 0 Å². The average molecular weight is 245 g/mol. The summed E-state index contributed by atoms with van der Waals surface area (Å²) >= 11 is 0. The van der Waals surface area contributed by atoms with E-state index in [0.29, 0.717) is 0 Å². The number of nitrogens with one attached hydrogen (secondary N) is 1. The van der Waals surface area contributed by atoms with Crippen LogP contribution in [0.15, 0.2) is 24.5 Å². The number of hydrogen-bond donors (Lipinski definition) is 1. The standard InChI is InChI=1S/C15H23N3/c1-12-9-17-18(11-12)6-2-5-16-10-15-8-13-3-4-14(15)7-13/h3-4,9,11,13-16H,2,5-8,10H2,1H3/t13-,14-,15+/m0/s1. The quantitative estimate of drug-likeness (QED) is 0.616. The largest absolute Gasteiger partial charge is 0.316 e. The van der Waals surface area contributed by atoms with Crippen molar-refractivity contribution in [3.05, 3.63) is 30.1 Å². The van der Waals surface area contributed by atoms with Crippen molar-refractivity contribution in [1.29, 1.82) is 0 Å². The molecular formula is C15H23N3. The van der Waals surface area contributed by atoms with Gasteiger partial charge in [0.25, 0.3) is 0 Å². The molecule has 3 nitrogen and oxygen atoms in total. The normalized spacial score (nSPS) is 29.3. The zero-order chi connectivity index (χ0) is 12.4. The summed E-state index contributed by atoms with van der Waals surface area (Å²) in [7, 11) is 0. The van der Waals surface area contributed by atoms with E-state index in [1.807, 2.05) is 10.9 Å². The molecule has 18 heavy (non-hydrogen) atoms. The van der Waals surface area contributed by atoms with Crippen molar-refractivity contribution in [2.45, 2.75) is 32.7 Å². The molecule has 0 aliphatic heterocycles. The maximum Gasteiger partial charge on any atom is 0.0518 e. The fourth-order valence-corrected chi connectivity index (χ4v) is 3.37. The summed E-state index contributed by atoms with van der Waals surface area (Å²) in [5, 5.41) is 7.92. The summed E-state index contributed by atoms with van der Waals surface area (Å²) in [4.78, 5) is 0. The lowest BCUT2D eigenvalue weighted by atomic mass is 9.94. The van der Waals surface area contributed by atoms with Gasteiger partial charge < -0.3 is 5.32 Å². The summed E-state index contributed by atoms with van der Waals surface area (Å²) in [6.07, 6.45) is 12.9. The Hall–Kier alpha value is -1.09. The van der Waals surface area contributed by atoms with Crippen molar-refractivity contribution >= 4 is 0 Å². The van der Waals surface area contributed by atoms with Gasteiger partial charge in [-0.2, -0.15) is 5.10 Å². The van der Waals surface area contributed by atoms with Crippen molar-refractivity contribution < 1.29 is 0 Å². The fraction of sp³-hybridized carbons (Fsp3) is 0.667. The zero-order valence-corrected chi connectivity index (χ0v) is 11.2. The van der Waals surface area contributed by atoms with Crippen molar-refractivity contribution in [2.24, 2.45) is 17.8 Å². The van der Waals surface area contributed by atoms with Crippen LogP contribution in [0.1, 0.15) is 24.8 Å². The molecule has 2 bridgehead atoms. The van der Waals surface area contributed by atoms with E-state index in [1.54, 1.807) is 0 Å². The Balaban J connectivity index is 1.30. The van der Waals surface area contributed by atoms with E-state index in [-0.39, 0.29) is 0 Å². The average Bonchev–Trinajstić information content (AvgIpc) is 3.05. The van der Waals surface area contributed by atoms with Crippen LogP contribution in [0.3, 0.4) is 0 Å². The molecule has 3 rings (SSSR count). The smallest absolute Gasteiger partial charge is 0.0518 e. The third kappa shape index (κ3) is 2.66. The molecule has 1 fully saturated rings. The van der Waals surface area contributed by atoms with Crippen LogP contribution in [0.25, 0.3) is 0 Å². The van der Waals surface area contributed by atoms with Crippen molar-refractivity contribution in [1.82, 2.24) is 15.1 Å². The van der Waals surface area contributed by atoms with Crippen LogP contribution >= 0.6 is 0 Å². The minimum atomic E-state index is 0.872. The highest BCUT2D eigenvalue weighted by Gasteiger charge is 2.34. The summed E-state index contributed by atoms with van der Waals surface area (Å²) in [5.74, 6) is 2.66. The maximum absolute atomic E-state index is 4.30. The Morgan fingerprint density at radius 1 is 1.39 bits per heavy atom. The fourth-order valence-electron chi connectivity index (χ4n) is 3.37. The molecule has 0 saturated heterocycles. The SMILES string of the molecule is Cc1cnn(CCCNC[C@H]2C[C@H]3C=C[C@H]2C3)c1. The van der Waals surface area contributed by atoms with Gasteiger partial charge in [-0.05, 0) is 62.6 Å². The second kappa shape index (κ2) is 5.27. The molecule has 0 aromatic carbocycles. The molecule has 0 radical (unpaired) electrons. The van der Waals surface area contributed by atoms with Gasteiger partial charge >= 0.3 is 0 Å². The van der Waals surface area contributed by atoms with Crippen LogP contribution < -0.4 is 5.32 Å². The molecule has 1 aromatic rings. The first-order valence-corrected chi connectivity index (χ1v) is 7.19. The molecule has 1 heterocycles. The minimum absolute atomic E-state index is 0.872. The summed E-state index contributed by atoms with van der Waals surface area (Å²) in [5.41, 5.74) is 1.25. The van der Waals surface area contributed by atoms with E-state index in [9.17, 15) is 0 Å². The van der Waals surface area contributed by atoms with Gasteiger partial charge in [0.05, 0.1) is 6.20 Å². The van der Waals surface area contributed by atoms with Gasteiger partial charge in [0.15, 0.2) is 0 Å². The van der Waals surface area contributed by atoms with Crippen molar-refractivity contribution in [2.75, 3.05) is 13.1 Å². The highest BCUT2D eigenvalue weighted by molar-refractivity contribution is 5.10. The van der Waals surface area contributed by atoms with E-state index in [0.717, 1.165) is 37.3 Å². The molecule has 2 aliphatic rings. The first kappa shape index (κ1) is 12.0. The second-order valence-corrected chi connectivity index (χ2v) is 5.88. The number of aryl methyl sites for hydroxylation is 2. The Morgan fingerprint density at radius 2 is 2.33 bits per heavy atom. The number of allylic oxidation sites excluding steroid dienone is 2. The molecule has 0 amide bonds. The Kier molecular flexibility index (Phi) is 3.50. The van der Waals surface area contributed by atoms with Crippen molar-refractivity contribution in [3.8, 4) is 0 Å². The molecule has 2 aliphatic carbocycles. The first-order chi connectivity index (χ1) is 8.81. The molecule has 3 atom stereocenters. The Labute approximate surface area is 109 Å². The number of rotatable bonds is 6. The highest BCUT2D eigenvalue weighted by atomic mass is 15.3. The number of aromatic nitrogens is 2. The monoisotopic (exact) mass is 245 g/mol. The number of fused-ring (bicyclic) bond motifs is 2. The van der Waals surface area contributed by atoms with E-state index in [2.05, 4.69) is 35.7 Å². The van der Waals surface area contributed by atoms with E-state index in [1.165, 1.54) is 24.9 Å². The van der Waals surface area contributed by atoms with E-state index >= 15 is 0 Å². The van der Waals surface area contributed by atoms with Crippen LogP contribution in [0, 0.1) is 24.7 Å². The first-order valence-electron chi connectivity index (χ1n) is 7.19. The maximum atomic E-state index is 4.30. The van der Waals surface area contributed by atoms with Gasteiger partial charge in [-0.3, -0.25) is 4.68 Å². The van der Waals surface area contributed by atoms with E-state index in [4.69, 9.17) is 0 Å². The van der Waals surface area contributed by atoms with Crippen LogP contribution in [0.5, 0.6) is 0 Å². The van der Waals surface area contributed by atoms with Crippen LogP contribution in [-0.4, -0.2) is 22.9 Å².